The van der Waals surface area contributed by atoms with Gasteiger partial charge in [-0.2, -0.15) is 0 Å². The Kier molecular flexibility index (Phi) is 3.16. The van der Waals surface area contributed by atoms with E-state index in [1.807, 2.05) is 6.07 Å². The van der Waals surface area contributed by atoms with Crippen LogP contribution < -0.4 is 5.32 Å². The summed E-state index contributed by atoms with van der Waals surface area (Å²) in [6.07, 6.45) is 8.39. The molecule has 0 radical (unpaired) electrons. The SMILES string of the molecule is c1cc(CN2CCCNC3(CCCC3)C2)on1. The molecule has 0 atom stereocenters. The zero-order chi connectivity index (χ0) is 11.6. The molecule has 4 nitrogen and oxygen atoms in total. The third-order valence-corrected chi connectivity index (χ3v) is 4.11. The third kappa shape index (κ3) is 2.53. The molecule has 0 amide bonds. The highest BCUT2D eigenvalue weighted by Crippen LogP contribution is 2.32. The summed E-state index contributed by atoms with van der Waals surface area (Å²) < 4.78 is 5.22. The Morgan fingerprint density at radius 2 is 2.24 bits per heavy atom. The summed E-state index contributed by atoms with van der Waals surface area (Å²) in [7, 11) is 0. The van der Waals surface area contributed by atoms with E-state index in [4.69, 9.17) is 4.52 Å². The van der Waals surface area contributed by atoms with E-state index in [1.165, 1.54) is 32.1 Å². The molecular weight excluding hydrogens is 214 g/mol. The van der Waals surface area contributed by atoms with Crippen molar-refractivity contribution in [1.29, 1.82) is 0 Å². The van der Waals surface area contributed by atoms with Crippen molar-refractivity contribution in [2.75, 3.05) is 19.6 Å². The number of nitrogens with zero attached hydrogens (tertiary/aromatic N) is 2. The normalized spacial score (nSPS) is 25.2. The van der Waals surface area contributed by atoms with Crippen molar-refractivity contribution in [1.82, 2.24) is 15.4 Å². The molecule has 2 fully saturated rings. The van der Waals surface area contributed by atoms with Crippen LogP contribution in [0.15, 0.2) is 16.8 Å². The maximum absolute atomic E-state index is 5.22. The summed E-state index contributed by atoms with van der Waals surface area (Å²) >= 11 is 0. The number of hydrogen-bond acceptors (Lipinski definition) is 4. The maximum Gasteiger partial charge on any atom is 0.150 e. The fourth-order valence-electron chi connectivity index (χ4n) is 3.28. The van der Waals surface area contributed by atoms with Crippen molar-refractivity contribution in [2.45, 2.75) is 44.2 Å². The van der Waals surface area contributed by atoms with E-state index in [0.717, 1.165) is 31.9 Å². The Bertz CT molecular complexity index is 344. The van der Waals surface area contributed by atoms with Gasteiger partial charge < -0.3 is 9.84 Å². The van der Waals surface area contributed by atoms with Gasteiger partial charge in [-0.3, -0.25) is 4.90 Å². The van der Waals surface area contributed by atoms with Gasteiger partial charge in [0.2, 0.25) is 0 Å². The van der Waals surface area contributed by atoms with E-state index in [-0.39, 0.29) is 0 Å². The monoisotopic (exact) mass is 235 g/mol. The van der Waals surface area contributed by atoms with Gasteiger partial charge in [-0.15, -0.1) is 0 Å². The second-order valence-electron chi connectivity index (χ2n) is 5.46. The predicted molar refractivity (Wildman–Crippen MR) is 65.6 cm³/mol. The van der Waals surface area contributed by atoms with E-state index in [0.29, 0.717) is 5.54 Å². The number of aromatic nitrogens is 1. The molecule has 1 aromatic heterocycles. The third-order valence-electron chi connectivity index (χ3n) is 4.11. The summed E-state index contributed by atoms with van der Waals surface area (Å²) in [6.45, 7) is 4.39. The molecule has 17 heavy (non-hydrogen) atoms. The van der Waals surface area contributed by atoms with Gasteiger partial charge in [0.15, 0.2) is 5.76 Å². The van der Waals surface area contributed by atoms with Crippen LogP contribution in [0.2, 0.25) is 0 Å². The fraction of sp³-hybridized carbons (Fsp3) is 0.769. The van der Waals surface area contributed by atoms with E-state index in [9.17, 15) is 0 Å². The van der Waals surface area contributed by atoms with Crippen LogP contribution in [0.5, 0.6) is 0 Å². The first kappa shape index (κ1) is 11.2. The van der Waals surface area contributed by atoms with Crippen LogP contribution in [0.3, 0.4) is 0 Å². The molecule has 2 aliphatic rings. The van der Waals surface area contributed by atoms with E-state index < -0.39 is 0 Å². The van der Waals surface area contributed by atoms with E-state index in [1.54, 1.807) is 6.20 Å². The number of nitrogens with one attached hydrogen (secondary N) is 1. The molecule has 1 saturated heterocycles. The molecule has 0 unspecified atom stereocenters. The van der Waals surface area contributed by atoms with Crippen LogP contribution in [0.1, 0.15) is 37.9 Å². The lowest BCUT2D eigenvalue weighted by Gasteiger charge is -2.32. The van der Waals surface area contributed by atoms with Gasteiger partial charge in [-0.05, 0) is 32.4 Å². The average molecular weight is 235 g/mol. The first-order chi connectivity index (χ1) is 8.36. The van der Waals surface area contributed by atoms with Crippen molar-refractivity contribution in [3.8, 4) is 0 Å². The minimum Gasteiger partial charge on any atom is -0.360 e. The minimum absolute atomic E-state index is 0.385. The van der Waals surface area contributed by atoms with Crippen LogP contribution in [-0.4, -0.2) is 35.2 Å². The van der Waals surface area contributed by atoms with Crippen molar-refractivity contribution < 1.29 is 4.52 Å². The molecule has 2 heterocycles. The van der Waals surface area contributed by atoms with Gasteiger partial charge >= 0.3 is 0 Å². The Balaban J connectivity index is 1.67. The highest BCUT2D eigenvalue weighted by Gasteiger charge is 2.36. The molecule has 1 aliphatic carbocycles. The highest BCUT2D eigenvalue weighted by molar-refractivity contribution is 4.99. The van der Waals surface area contributed by atoms with Crippen LogP contribution in [-0.2, 0) is 6.54 Å². The summed E-state index contributed by atoms with van der Waals surface area (Å²) in [6, 6.07) is 1.97. The molecule has 94 valence electrons. The molecule has 1 saturated carbocycles. The van der Waals surface area contributed by atoms with Crippen LogP contribution in [0.25, 0.3) is 0 Å². The Morgan fingerprint density at radius 1 is 1.35 bits per heavy atom. The standard InChI is InChI=1S/C13H21N3O/c1-2-6-13(5-1)11-16(9-3-7-14-13)10-12-4-8-15-17-12/h4,8,14H,1-3,5-7,9-11H2. The van der Waals surface area contributed by atoms with Crippen LogP contribution >= 0.6 is 0 Å². The smallest absolute Gasteiger partial charge is 0.150 e. The van der Waals surface area contributed by atoms with Gasteiger partial charge in [-0.25, -0.2) is 0 Å². The fourth-order valence-corrected chi connectivity index (χ4v) is 3.28. The number of hydrogen-bond donors (Lipinski definition) is 1. The summed E-state index contributed by atoms with van der Waals surface area (Å²) in [4.78, 5) is 2.52. The first-order valence-corrected chi connectivity index (χ1v) is 6.73. The van der Waals surface area contributed by atoms with Gasteiger partial charge in [-0.1, -0.05) is 18.0 Å². The highest BCUT2D eigenvalue weighted by atomic mass is 16.5. The maximum atomic E-state index is 5.22. The average Bonchev–Trinajstić information content (AvgIpc) is 2.92. The molecule has 1 N–H and O–H groups in total. The van der Waals surface area contributed by atoms with Crippen LogP contribution in [0.4, 0.5) is 0 Å². The molecule has 0 bridgehead atoms. The number of rotatable bonds is 2. The van der Waals surface area contributed by atoms with Crippen LogP contribution in [0, 0.1) is 0 Å². The first-order valence-electron chi connectivity index (χ1n) is 6.73. The molecule has 3 rings (SSSR count). The zero-order valence-electron chi connectivity index (χ0n) is 10.3. The topological polar surface area (TPSA) is 41.3 Å². The Morgan fingerprint density at radius 3 is 3.00 bits per heavy atom. The van der Waals surface area contributed by atoms with Crippen molar-refractivity contribution >= 4 is 0 Å². The van der Waals surface area contributed by atoms with E-state index >= 15 is 0 Å². The lowest BCUT2D eigenvalue weighted by molar-refractivity contribution is 0.185. The Hall–Kier alpha value is -0.870. The van der Waals surface area contributed by atoms with Gasteiger partial charge in [0, 0.05) is 18.2 Å². The van der Waals surface area contributed by atoms with Crippen molar-refractivity contribution in [2.24, 2.45) is 0 Å². The summed E-state index contributed by atoms with van der Waals surface area (Å²) in [5.41, 5.74) is 0.385. The van der Waals surface area contributed by atoms with Gasteiger partial charge in [0.05, 0.1) is 12.7 Å². The summed E-state index contributed by atoms with van der Waals surface area (Å²) in [5.74, 6) is 0.986. The second-order valence-corrected chi connectivity index (χ2v) is 5.46. The molecular formula is C13H21N3O. The lowest BCUT2D eigenvalue weighted by Crippen LogP contribution is -2.49. The lowest BCUT2D eigenvalue weighted by atomic mass is 9.97. The predicted octanol–water partition coefficient (Wildman–Crippen LogP) is 1.78. The molecule has 4 heteroatoms. The summed E-state index contributed by atoms with van der Waals surface area (Å²) in [5, 5.41) is 7.56. The molecule has 1 spiro atoms. The largest absolute Gasteiger partial charge is 0.360 e. The Labute approximate surface area is 102 Å². The van der Waals surface area contributed by atoms with Crippen molar-refractivity contribution in [3.05, 3.63) is 18.0 Å². The van der Waals surface area contributed by atoms with Gasteiger partial charge in [0.1, 0.15) is 0 Å². The molecule has 0 aromatic carbocycles. The van der Waals surface area contributed by atoms with E-state index in [2.05, 4.69) is 15.4 Å². The second kappa shape index (κ2) is 4.78. The molecule has 1 aromatic rings. The zero-order valence-corrected chi connectivity index (χ0v) is 10.3. The molecule has 1 aliphatic heterocycles. The minimum atomic E-state index is 0.385. The van der Waals surface area contributed by atoms with Gasteiger partial charge in [0.25, 0.3) is 0 Å². The van der Waals surface area contributed by atoms with Crippen molar-refractivity contribution in [3.63, 3.8) is 0 Å². The quantitative estimate of drug-likeness (QED) is 0.848.